The van der Waals surface area contributed by atoms with Crippen LogP contribution in [0.25, 0.3) is 0 Å². The number of piperazine rings is 1. The molecule has 2 aromatic carbocycles. The van der Waals surface area contributed by atoms with Crippen LogP contribution in [0.5, 0.6) is 0 Å². The zero-order valence-electron chi connectivity index (χ0n) is 18.9. The largest absolute Gasteiger partial charge is 0.369 e. The molecule has 1 aliphatic heterocycles. The lowest BCUT2D eigenvalue weighted by molar-refractivity contribution is 0.197. The Morgan fingerprint density at radius 3 is 2.45 bits per heavy atom. The van der Waals surface area contributed by atoms with E-state index in [0.717, 1.165) is 55.4 Å². The Bertz CT molecular complexity index is 1140. The predicted octanol–water partition coefficient (Wildman–Crippen LogP) is 4.53. The van der Waals surface area contributed by atoms with Crippen LogP contribution < -0.4 is 4.90 Å². The van der Waals surface area contributed by atoms with Gasteiger partial charge in [-0.05, 0) is 65.6 Å². The average Bonchev–Trinajstić information content (AvgIpc) is 3.54. The SMILES string of the molecule is Cc1ccc(Cl)cc1N1CCN([C@@H](c2ccc(C#N)cc2)c2nnnn2C2CCCC2)CC1. The Balaban J connectivity index is 1.44. The molecule has 0 bridgehead atoms. The van der Waals surface area contributed by atoms with Gasteiger partial charge in [-0.1, -0.05) is 42.6 Å². The summed E-state index contributed by atoms with van der Waals surface area (Å²) in [4.78, 5) is 4.88. The van der Waals surface area contributed by atoms with Crippen LogP contribution in [0.4, 0.5) is 5.69 Å². The van der Waals surface area contributed by atoms with E-state index in [9.17, 15) is 5.26 Å². The molecule has 33 heavy (non-hydrogen) atoms. The van der Waals surface area contributed by atoms with Crippen LogP contribution in [0.1, 0.15) is 60.3 Å². The van der Waals surface area contributed by atoms with Crippen molar-refractivity contribution in [1.82, 2.24) is 25.1 Å². The highest BCUT2D eigenvalue weighted by molar-refractivity contribution is 6.30. The van der Waals surface area contributed by atoms with E-state index >= 15 is 0 Å². The second-order valence-electron chi connectivity index (χ2n) is 9.01. The van der Waals surface area contributed by atoms with Gasteiger partial charge in [0.15, 0.2) is 5.82 Å². The standard InChI is InChI=1S/C25H28ClN7/c1-18-6-11-21(26)16-23(18)31-12-14-32(15-13-31)24(20-9-7-19(17-27)8-10-20)25-28-29-30-33(25)22-4-2-3-5-22/h6-11,16,22,24H,2-5,12-15H2,1H3/t24-/m0/s1. The second-order valence-corrected chi connectivity index (χ2v) is 9.45. The molecule has 1 atom stereocenters. The zero-order chi connectivity index (χ0) is 22.8. The Hall–Kier alpha value is -2.95. The molecule has 8 heteroatoms. The van der Waals surface area contributed by atoms with Crippen LogP contribution in [-0.4, -0.2) is 51.3 Å². The number of benzene rings is 2. The van der Waals surface area contributed by atoms with Gasteiger partial charge in [-0.25, -0.2) is 4.68 Å². The minimum atomic E-state index is -0.0454. The van der Waals surface area contributed by atoms with Crippen molar-refractivity contribution in [2.45, 2.75) is 44.7 Å². The molecule has 0 spiro atoms. The molecule has 0 N–H and O–H groups in total. The Morgan fingerprint density at radius 1 is 1.03 bits per heavy atom. The first kappa shape index (κ1) is 21.9. The molecule has 0 amide bonds. The third kappa shape index (κ3) is 4.46. The van der Waals surface area contributed by atoms with Gasteiger partial charge in [-0.3, -0.25) is 4.90 Å². The molecule has 0 radical (unpaired) electrons. The first-order valence-corrected chi connectivity index (χ1v) is 12.0. The molecule has 3 aromatic rings. The molecule has 1 saturated carbocycles. The lowest BCUT2D eigenvalue weighted by Gasteiger charge is -2.40. The normalized spacial score (nSPS) is 18.4. The molecule has 2 heterocycles. The van der Waals surface area contributed by atoms with Gasteiger partial charge in [0.05, 0.1) is 23.7 Å². The zero-order valence-corrected chi connectivity index (χ0v) is 19.6. The summed E-state index contributed by atoms with van der Waals surface area (Å²) >= 11 is 6.28. The molecule has 1 saturated heterocycles. The number of hydrogen-bond acceptors (Lipinski definition) is 6. The number of anilines is 1. The van der Waals surface area contributed by atoms with Crippen LogP contribution in [0.3, 0.4) is 0 Å². The lowest BCUT2D eigenvalue weighted by Crippen LogP contribution is -2.48. The summed E-state index contributed by atoms with van der Waals surface area (Å²) in [5.41, 5.74) is 4.22. The number of halogens is 1. The minimum absolute atomic E-state index is 0.0454. The third-order valence-electron chi connectivity index (χ3n) is 6.98. The van der Waals surface area contributed by atoms with Crippen molar-refractivity contribution in [1.29, 1.82) is 5.26 Å². The lowest BCUT2D eigenvalue weighted by atomic mass is 10.0. The van der Waals surface area contributed by atoms with Crippen molar-refractivity contribution < 1.29 is 0 Å². The first-order chi connectivity index (χ1) is 16.1. The van der Waals surface area contributed by atoms with Crippen LogP contribution in [-0.2, 0) is 0 Å². The molecule has 0 unspecified atom stereocenters. The number of aryl methyl sites for hydroxylation is 1. The fraction of sp³-hybridized carbons (Fsp3) is 0.440. The van der Waals surface area contributed by atoms with Gasteiger partial charge in [0.2, 0.25) is 0 Å². The highest BCUT2D eigenvalue weighted by Crippen LogP contribution is 2.35. The summed E-state index contributed by atoms with van der Waals surface area (Å²) in [6.07, 6.45) is 4.70. The van der Waals surface area contributed by atoms with Crippen LogP contribution >= 0.6 is 11.6 Å². The Kier molecular flexibility index (Phi) is 6.30. The average molecular weight is 462 g/mol. The highest BCUT2D eigenvalue weighted by atomic mass is 35.5. The summed E-state index contributed by atoms with van der Waals surface area (Å²) in [5, 5.41) is 23.0. The van der Waals surface area contributed by atoms with Crippen molar-refractivity contribution in [3.63, 3.8) is 0 Å². The van der Waals surface area contributed by atoms with Crippen molar-refractivity contribution in [2.24, 2.45) is 0 Å². The van der Waals surface area contributed by atoms with E-state index in [-0.39, 0.29) is 6.04 Å². The molecule has 2 aliphatic rings. The topological polar surface area (TPSA) is 73.9 Å². The van der Waals surface area contributed by atoms with Crippen molar-refractivity contribution >= 4 is 17.3 Å². The van der Waals surface area contributed by atoms with E-state index in [0.29, 0.717) is 11.6 Å². The van der Waals surface area contributed by atoms with Gasteiger partial charge >= 0.3 is 0 Å². The minimum Gasteiger partial charge on any atom is -0.369 e. The summed E-state index contributed by atoms with van der Waals surface area (Å²) in [6, 6.07) is 16.5. The van der Waals surface area contributed by atoms with Gasteiger partial charge in [-0.15, -0.1) is 5.10 Å². The Morgan fingerprint density at radius 2 is 1.76 bits per heavy atom. The molecule has 170 valence electrons. The van der Waals surface area contributed by atoms with Crippen LogP contribution in [0.15, 0.2) is 42.5 Å². The van der Waals surface area contributed by atoms with E-state index in [2.05, 4.69) is 55.1 Å². The molecule has 2 fully saturated rings. The van der Waals surface area contributed by atoms with E-state index in [1.807, 2.05) is 30.3 Å². The molecule has 1 aromatic heterocycles. The monoisotopic (exact) mass is 461 g/mol. The fourth-order valence-corrected chi connectivity index (χ4v) is 5.36. The van der Waals surface area contributed by atoms with Gasteiger partial charge < -0.3 is 4.90 Å². The van der Waals surface area contributed by atoms with Gasteiger partial charge in [0.1, 0.15) is 0 Å². The number of nitriles is 1. The van der Waals surface area contributed by atoms with Gasteiger partial charge in [0.25, 0.3) is 0 Å². The molecule has 1 aliphatic carbocycles. The number of hydrogen-bond donors (Lipinski definition) is 0. The van der Waals surface area contributed by atoms with E-state index in [4.69, 9.17) is 11.6 Å². The smallest absolute Gasteiger partial charge is 0.173 e. The summed E-state index contributed by atoms with van der Waals surface area (Å²) in [7, 11) is 0. The van der Waals surface area contributed by atoms with Gasteiger partial charge in [-0.2, -0.15) is 5.26 Å². The van der Waals surface area contributed by atoms with Gasteiger partial charge in [0, 0.05) is 36.9 Å². The second kappa shape index (κ2) is 9.50. The fourth-order valence-electron chi connectivity index (χ4n) is 5.20. The predicted molar refractivity (Wildman–Crippen MR) is 128 cm³/mol. The summed E-state index contributed by atoms with van der Waals surface area (Å²) in [6.45, 7) is 5.70. The molecule has 7 nitrogen and oxygen atoms in total. The van der Waals surface area contributed by atoms with Crippen LogP contribution in [0.2, 0.25) is 5.02 Å². The third-order valence-corrected chi connectivity index (χ3v) is 7.22. The van der Waals surface area contributed by atoms with E-state index in [1.54, 1.807) is 0 Å². The van der Waals surface area contributed by atoms with E-state index < -0.39 is 0 Å². The number of aromatic nitrogens is 4. The van der Waals surface area contributed by atoms with Crippen molar-refractivity contribution in [3.8, 4) is 6.07 Å². The maximum atomic E-state index is 9.25. The van der Waals surface area contributed by atoms with Crippen molar-refractivity contribution in [3.05, 3.63) is 70.0 Å². The maximum Gasteiger partial charge on any atom is 0.173 e. The summed E-state index contributed by atoms with van der Waals surface area (Å²) in [5.74, 6) is 0.902. The summed E-state index contributed by atoms with van der Waals surface area (Å²) < 4.78 is 2.06. The van der Waals surface area contributed by atoms with Crippen LogP contribution in [0, 0.1) is 18.3 Å². The molecule has 5 rings (SSSR count). The van der Waals surface area contributed by atoms with Crippen molar-refractivity contribution in [2.75, 3.05) is 31.1 Å². The molecular weight excluding hydrogens is 434 g/mol. The van der Waals surface area contributed by atoms with E-state index in [1.165, 1.54) is 24.1 Å². The number of nitrogens with zero attached hydrogens (tertiary/aromatic N) is 7. The maximum absolute atomic E-state index is 9.25. The Labute approximate surface area is 199 Å². The number of tetrazole rings is 1. The highest BCUT2D eigenvalue weighted by Gasteiger charge is 2.33. The number of rotatable bonds is 5. The first-order valence-electron chi connectivity index (χ1n) is 11.7. The quantitative estimate of drug-likeness (QED) is 0.555. The molecular formula is C25H28ClN7.